The van der Waals surface area contributed by atoms with E-state index in [0.717, 1.165) is 15.8 Å². The predicted molar refractivity (Wildman–Crippen MR) is 108 cm³/mol. The van der Waals surface area contributed by atoms with Gasteiger partial charge in [0.15, 0.2) is 0 Å². The highest BCUT2D eigenvalue weighted by atomic mass is 32.2. The molecule has 0 unspecified atom stereocenters. The molecule has 1 aliphatic heterocycles. The highest BCUT2D eigenvalue weighted by Crippen LogP contribution is 2.32. The molecule has 7 nitrogen and oxygen atoms in total. The summed E-state index contributed by atoms with van der Waals surface area (Å²) in [4.78, 5) is 15.8. The van der Waals surface area contributed by atoms with Crippen molar-refractivity contribution in [1.82, 2.24) is 9.29 Å². The standard InChI is InChI=1S/C19H19N3O4S2/c1-12-4-3-5-17-18(12)21-19(27-17)26-15-10-22(11-15)28(24,25)16-8-6-14(7-9-16)20-13(2)23/h3-9,15H,10-11H2,1-2H3,(H,20,23). The molecule has 0 saturated carbocycles. The van der Waals surface area contributed by atoms with E-state index in [2.05, 4.69) is 10.3 Å². The van der Waals surface area contributed by atoms with Crippen LogP contribution in [0.4, 0.5) is 5.69 Å². The number of hydrogen-bond donors (Lipinski definition) is 1. The first kappa shape index (κ1) is 18.9. The maximum absolute atomic E-state index is 12.7. The van der Waals surface area contributed by atoms with Crippen LogP contribution in [0.15, 0.2) is 47.4 Å². The van der Waals surface area contributed by atoms with E-state index in [0.29, 0.717) is 10.9 Å². The molecule has 0 bridgehead atoms. The van der Waals surface area contributed by atoms with Gasteiger partial charge in [0.05, 0.1) is 28.2 Å². The summed E-state index contributed by atoms with van der Waals surface area (Å²) < 4.78 is 33.7. The van der Waals surface area contributed by atoms with Crippen LogP contribution in [0.25, 0.3) is 10.2 Å². The Kier molecular flexibility index (Phi) is 4.82. The van der Waals surface area contributed by atoms with Gasteiger partial charge in [-0.05, 0) is 42.8 Å². The molecule has 1 fully saturated rings. The van der Waals surface area contributed by atoms with Gasteiger partial charge in [0.1, 0.15) is 6.10 Å². The van der Waals surface area contributed by atoms with Crippen LogP contribution in [0, 0.1) is 6.92 Å². The molecule has 1 aromatic heterocycles. The van der Waals surface area contributed by atoms with Crippen LogP contribution in [0.2, 0.25) is 0 Å². The van der Waals surface area contributed by atoms with Gasteiger partial charge in [0.2, 0.25) is 15.9 Å². The van der Waals surface area contributed by atoms with Gasteiger partial charge in [0.25, 0.3) is 5.19 Å². The van der Waals surface area contributed by atoms with E-state index >= 15 is 0 Å². The quantitative estimate of drug-likeness (QED) is 0.689. The Morgan fingerprint density at radius 3 is 2.57 bits per heavy atom. The van der Waals surface area contributed by atoms with Gasteiger partial charge in [-0.15, -0.1) is 0 Å². The van der Waals surface area contributed by atoms with Gasteiger partial charge in [0, 0.05) is 12.6 Å². The topological polar surface area (TPSA) is 88.6 Å². The molecule has 2 aromatic carbocycles. The third kappa shape index (κ3) is 3.60. The van der Waals surface area contributed by atoms with Crippen LogP contribution in [0.5, 0.6) is 5.19 Å². The fraction of sp³-hybridized carbons (Fsp3) is 0.263. The molecule has 3 aromatic rings. The number of anilines is 1. The minimum absolute atomic E-state index is 0.190. The first-order chi connectivity index (χ1) is 13.3. The van der Waals surface area contributed by atoms with Crippen LogP contribution < -0.4 is 10.1 Å². The molecule has 28 heavy (non-hydrogen) atoms. The molecule has 1 aliphatic rings. The molecule has 2 heterocycles. The molecule has 0 spiro atoms. The summed E-state index contributed by atoms with van der Waals surface area (Å²) >= 11 is 1.46. The van der Waals surface area contributed by atoms with E-state index in [1.807, 2.05) is 25.1 Å². The second kappa shape index (κ2) is 7.16. The first-order valence-electron chi connectivity index (χ1n) is 8.73. The van der Waals surface area contributed by atoms with Gasteiger partial charge in [-0.2, -0.15) is 4.31 Å². The fourth-order valence-corrected chi connectivity index (χ4v) is 5.46. The number of rotatable bonds is 5. The fourth-order valence-electron chi connectivity index (χ4n) is 2.99. The first-order valence-corrected chi connectivity index (χ1v) is 11.0. The summed E-state index contributed by atoms with van der Waals surface area (Å²) in [6.07, 6.45) is -0.214. The van der Waals surface area contributed by atoms with E-state index in [-0.39, 0.29) is 30.0 Å². The lowest BCUT2D eigenvalue weighted by atomic mass is 10.2. The average Bonchev–Trinajstić information content (AvgIpc) is 3.02. The van der Waals surface area contributed by atoms with Crippen LogP contribution in [0.1, 0.15) is 12.5 Å². The number of hydrogen-bond acceptors (Lipinski definition) is 6. The van der Waals surface area contributed by atoms with Gasteiger partial charge in [-0.1, -0.05) is 23.5 Å². The number of thiazole rings is 1. The summed E-state index contributed by atoms with van der Waals surface area (Å²) in [5.74, 6) is -0.205. The molecule has 1 amide bonds. The predicted octanol–water partition coefficient (Wildman–Crippen LogP) is 3.02. The Morgan fingerprint density at radius 1 is 1.21 bits per heavy atom. The Bertz CT molecular complexity index is 1130. The zero-order valence-electron chi connectivity index (χ0n) is 15.4. The van der Waals surface area contributed by atoms with E-state index in [9.17, 15) is 13.2 Å². The molecule has 1 N–H and O–H groups in total. The summed E-state index contributed by atoms with van der Waals surface area (Å²) in [5.41, 5.74) is 2.57. The number of nitrogens with zero attached hydrogens (tertiary/aromatic N) is 2. The van der Waals surface area contributed by atoms with Crippen LogP contribution in [0.3, 0.4) is 0 Å². The maximum atomic E-state index is 12.7. The van der Waals surface area contributed by atoms with Gasteiger partial charge in [-0.3, -0.25) is 4.79 Å². The van der Waals surface area contributed by atoms with Gasteiger partial charge < -0.3 is 10.1 Å². The van der Waals surface area contributed by atoms with E-state index < -0.39 is 10.0 Å². The Morgan fingerprint density at radius 2 is 1.93 bits per heavy atom. The third-order valence-corrected chi connectivity index (χ3v) is 7.25. The number of benzene rings is 2. The molecule has 0 radical (unpaired) electrons. The highest BCUT2D eigenvalue weighted by molar-refractivity contribution is 7.89. The van der Waals surface area contributed by atoms with Gasteiger partial charge >= 0.3 is 0 Å². The average molecular weight is 418 g/mol. The minimum atomic E-state index is -3.58. The smallest absolute Gasteiger partial charge is 0.274 e. The zero-order chi connectivity index (χ0) is 19.9. The van der Waals surface area contributed by atoms with Crippen LogP contribution >= 0.6 is 11.3 Å². The Labute approximate surface area is 167 Å². The SMILES string of the molecule is CC(=O)Nc1ccc(S(=O)(=O)N2CC(Oc3nc4c(C)cccc4s3)C2)cc1. The third-order valence-electron chi connectivity index (χ3n) is 4.50. The van der Waals surface area contributed by atoms with E-state index in [1.165, 1.54) is 34.7 Å². The molecule has 0 atom stereocenters. The maximum Gasteiger partial charge on any atom is 0.274 e. The second-order valence-electron chi connectivity index (χ2n) is 6.67. The van der Waals surface area contributed by atoms with E-state index in [4.69, 9.17) is 4.74 Å². The highest BCUT2D eigenvalue weighted by Gasteiger charge is 2.38. The number of para-hydroxylation sites is 1. The molecule has 4 rings (SSSR count). The lowest BCUT2D eigenvalue weighted by molar-refractivity contribution is -0.114. The minimum Gasteiger partial charge on any atom is -0.464 e. The number of fused-ring (bicyclic) bond motifs is 1. The van der Waals surface area contributed by atoms with Crippen molar-refractivity contribution in [2.75, 3.05) is 18.4 Å². The summed E-state index contributed by atoms with van der Waals surface area (Å²) in [6, 6.07) is 12.1. The van der Waals surface area contributed by atoms with Crippen molar-refractivity contribution in [3.05, 3.63) is 48.0 Å². The number of nitrogens with one attached hydrogen (secondary N) is 1. The van der Waals surface area contributed by atoms with Crippen LogP contribution in [-0.2, 0) is 14.8 Å². The summed E-state index contributed by atoms with van der Waals surface area (Å²) in [5, 5.41) is 3.18. The molecular formula is C19H19N3O4S2. The van der Waals surface area contributed by atoms with Crippen molar-refractivity contribution in [1.29, 1.82) is 0 Å². The largest absolute Gasteiger partial charge is 0.464 e. The lowest BCUT2D eigenvalue weighted by Crippen LogP contribution is -2.55. The van der Waals surface area contributed by atoms with Crippen molar-refractivity contribution in [2.45, 2.75) is 24.8 Å². The Hall–Kier alpha value is -2.49. The number of aromatic nitrogens is 1. The lowest BCUT2D eigenvalue weighted by Gasteiger charge is -2.37. The zero-order valence-corrected chi connectivity index (χ0v) is 17.0. The number of aryl methyl sites for hydroxylation is 1. The number of sulfonamides is 1. The molecule has 146 valence electrons. The monoisotopic (exact) mass is 417 g/mol. The van der Waals surface area contributed by atoms with E-state index in [1.54, 1.807) is 12.1 Å². The molecule has 9 heteroatoms. The van der Waals surface area contributed by atoms with Crippen molar-refractivity contribution in [3.63, 3.8) is 0 Å². The normalized spacial score (nSPS) is 15.4. The summed E-state index contributed by atoms with van der Waals surface area (Å²) in [6.45, 7) is 3.97. The second-order valence-corrected chi connectivity index (χ2v) is 9.60. The van der Waals surface area contributed by atoms with Crippen molar-refractivity contribution in [2.24, 2.45) is 0 Å². The molecule has 0 aliphatic carbocycles. The van der Waals surface area contributed by atoms with Crippen molar-refractivity contribution in [3.8, 4) is 5.19 Å². The summed E-state index contributed by atoms with van der Waals surface area (Å²) in [7, 11) is -3.58. The van der Waals surface area contributed by atoms with Crippen LogP contribution in [-0.4, -0.2) is 42.8 Å². The van der Waals surface area contributed by atoms with Crippen molar-refractivity contribution < 1.29 is 17.9 Å². The number of amides is 1. The number of carbonyl (C=O) groups is 1. The van der Waals surface area contributed by atoms with Gasteiger partial charge in [-0.25, -0.2) is 13.4 Å². The Balaban J connectivity index is 1.40. The number of carbonyl (C=O) groups excluding carboxylic acids is 1. The molecule has 1 saturated heterocycles. The number of ether oxygens (including phenoxy) is 1. The van der Waals surface area contributed by atoms with Crippen molar-refractivity contribution >= 4 is 43.2 Å². The molecular weight excluding hydrogens is 398 g/mol.